The van der Waals surface area contributed by atoms with E-state index in [0.29, 0.717) is 18.1 Å². The zero-order valence-electron chi connectivity index (χ0n) is 11.0. The van der Waals surface area contributed by atoms with Gasteiger partial charge >= 0.3 is 0 Å². The molecule has 1 aromatic heterocycles. The van der Waals surface area contributed by atoms with Crippen molar-refractivity contribution in [2.75, 3.05) is 19.0 Å². The Labute approximate surface area is 111 Å². The van der Waals surface area contributed by atoms with E-state index >= 15 is 0 Å². The van der Waals surface area contributed by atoms with Crippen LogP contribution in [0.1, 0.15) is 13.3 Å². The minimum Gasteiger partial charge on any atom is -0.494 e. The minimum atomic E-state index is -0.443. The average Bonchev–Trinajstić information content (AvgIpc) is 2.46. The van der Waals surface area contributed by atoms with Crippen LogP contribution in [0.15, 0.2) is 30.5 Å². The van der Waals surface area contributed by atoms with E-state index in [-0.39, 0.29) is 5.69 Å². The van der Waals surface area contributed by atoms with E-state index in [2.05, 4.69) is 15.3 Å². The number of benzene rings is 1. The summed E-state index contributed by atoms with van der Waals surface area (Å²) in [5.74, 6) is 0.720. The topological polar surface area (TPSA) is 47.0 Å². The number of hydrogen-bond acceptors (Lipinski definition) is 4. The second kappa shape index (κ2) is 6.13. The standard InChI is InChI=1S/C14H16FN3O/c1-3-8-19-11-6-4-10(5-7-11)13-12(15)9-17-14(16-2)18-13/h4-7,9H,3,8H2,1-2H3,(H,16,17,18). The Hall–Kier alpha value is -2.17. The molecule has 0 fully saturated rings. The number of ether oxygens (including phenoxy) is 1. The molecule has 0 aliphatic carbocycles. The van der Waals surface area contributed by atoms with Crippen LogP contribution in [-0.4, -0.2) is 23.6 Å². The third-order valence-electron chi connectivity index (χ3n) is 2.57. The van der Waals surface area contributed by atoms with E-state index in [4.69, 9.17) is 4.74 Å². The second-order valence-corrected chi connectivity index (χ2v) is 4.01. The molecule has 0 atom stereocenters. The fourth-order valence-electron chi connectivity index (χ4n) is 1.62. The number of hydrogen-bond donors (Lipinski definition) is 1. The van der Waals surface area contributed by atoms with Crippen molar-refractivity contribution in [2.45, 2.75) is 13.3 Å². The van der Waals surface area contributed by atoms with E-state index in [1.165, 1.54) is 0 Å². The molecule has 0 amide bonds. The summed E-state index contributed by atoms with van der Waals surface area (Å²) in [7, 11) is 1.69. The molecule has 2 aromatic rings. The summed E-state index contributed by atoms with van der Waals surface area (Å²) in [6, 6.07) is 7.20. The fraction of sp³-hybridized carbons (Fsp3) is 0.286. The Bertz CT molecular complexity index is 543. The van der Waals surface area contributed by atoms with Crippen LogP contribution in [0.2, 0.25) is 0 Å². The number of anilines is 1. The van der Waals surface area contributed by atoms with Gasteiger partial charge in [0.25, 0.3) is 0 Å². The van der Waals surface area contributed by atoms with Crippen molar-refractivity contribution in [1.82, 2.24) is 9.97 Å². The molecule has 1 aromatic carbocycles. The van der Waals surface area contributed by atoms with Crippen LogP contribution >= 0.6 is 0 Å². The summed E-state index contributed by atoms with van der Waals surface area (Å²) >= 11 is 0. The van der Waals surface area contributed by atoms with E-state index in [1.54, 1.807) is 19.2 Å². The predicted molar refractivity (Wildman–Crippen MR) is 72.8 cm³/mol. The lowest BCUT2D eigenvalue weighted by molar-refractivity contribution is 0.317. The van der Waals surface area contributed by atoms with Crippen LogP contribution in [0.25, 0.3) is 11.3 Å². The summed E-state index contributed by atoms with van der Waals surface area (Å²) in [6.45, 7) is 2.72. The van der Waals surface area contributed by atoms with Gasteiger partial charge in [-0.05, 0) is 30.7 Å². The molecule has 1 N–H and O–H groups in total. The molecule has 4 nitrogen and oxygen atoms in total. The van der Waals surface area contributed by atoms with Gasteiger partial charge in [-0.3, -0.25) is 0 Å². The maximum Gasteiger partial charge on any atom is 0.223 e. The molecule has 0 radical (unpaired) electrons. The minimum absolute atomic E-state index is 0.279. The maximum atomic E-state index is 13.7. The monoisotopic (exact) mass is 261 g/mol. The Balaban J connectivity index is 2.26. The maximum absolute atomic E-state index is 13.7. The molecule has 0 aliphatic heterocycles. The lowest BCUT2D eigenvalue weighted by Crippen LogP contribution is -2.00. The van der Waals surface area contributed by atoms with Crippen molar-refractivity contribution >= 4 is 5.95 Å². The molecular weight excluding hydrogens is 245 g/mol. The highest BCUT2D eigenvalue weighted by molar-refractivity contribution is 5.61. The van der Waals surface area contributed by atoms with Gasteiger partial charge in [-0.1, -0.05) is 6.92 Å². The van der Waals surface area contributed by atoms with Crippen LogP contribution < -0.4 is 10.1 Å². The molecule has 0 bridgehead atoms. The molecule has 100 valence electrons. The Kier molecular flexibility index (Phi) is 4.28. The van der Waals surface area contributed by atoms with Crippen LogP contribution in [-0.2, 0) is 0 Å². The molecule has 0 aliphatic rings. The van der Waals surface area contributed by atoms with Gasteiger partial charge in [0, 0.05) is 12.6 Å². The van der Waals surface area contributed by atoms with E-state index in [1.807, 2.05) is 19.1 Å². The smallest absolute Gasteiger partial charge is 0.223 e. The highest BCUT2D eigenvalue weighted by Crippen LogP contribution is 2.23. The van der Waals surface area contributed by atoms with E-state index in [0.717, 1.165) is 18.4 Å². The van der Waals surface area contributed by atoms with Gasteiger partial charge in [0.1, 0.15) is 11.4 Å². The molecule has 1 heterocycles. The molecule has 2 rings (SSSR count). The summed E-state index contributed by atoms with van der Waals surface area (Å²) in [5.41, 5.74) is 0.974. The van der Waals surface area contributed by atoms with Crippen molar-refractivity contribution in [1.29, 1.82) is 0 Å². The first-order valence-corrected chi connectivity index (χ1v) is 6.18. The van der Waals surface area contributed by atoms with Crippen molar-refractivity contribution in [3.8, 4) is 17.0 Å². The van der Waals surface area contributed by atoms with Gasteiger partial charge in [0.15, 0.2) is 5.82 Å². The highest BCUT2D eigenvalue weighted by atomic mass is 19.1. The van der Waals surface area contributed by atoms with Crippen LogP contribution in [0.4, 0.5) is 10.3 Å². The largest absolute Gasteiger partial charge is 0.494 e. The zero-order valence-corrected chi connectivity index (χ0v) is 11.0. The van der Waals surface area contributed by atoms with Gasteiger partial charge in [-0.25, -0.2) is 14.4 Å². The number of nitrogens with one attached hydrogen (secondary N) is 1. The average molecular weight is 261 g/mol. The number of rotatable bonds is 5. The molecular formula is C14H16FN3O. The number of nitrogens with zero attached hydrogens (tertiary/aromatic N) is 2. The van der Waals surface area contributed by atoms with E-state index < -0.39 is 5.82 Å². The SMILES string of the molecule is CCCOc1ccc(-c2nc(NC)ncc2F)cc1. The quantitative estimate of drug-likeness (QED) is 0.898. The third-order valence-corrected chi connectivity index (χ3v) is 2.57. The number of halogens is 1. The van der Waals surface area contributed by atoms with Crippen molar-refractivity contribution in [3.63, 3.8) is 0 Å². The van der Waals surface area contributed by atoms with Gasteiger partial charge < -0.3 is 10.1 Å². The highest BCUT2D eigenvalue weighted by Gasteiger charge is 2.09. The lowest BCUT2D eigenvalue weighted by atomic mass is 10.1. The summed E-state index contributed by atoms with van der Waals surface area (Å²) in [5, 5.41) is 2.79. The Morgan fingerprint density at radius 1 is 1.26 bits per heavy atom. The van der Waals surface area contributed by atoms with Crippen molar-refractivity contribution < 1.29 is 9.13 Å². The van der Waals surface area contributed by atoms with Gasteiger partial charge in [0.05, 0.1) is 12.8 Å². The molecule has 0 unspecified atom stereocenters. The molecule has 19 heavy (non-hydrogen) atoms. The third kappa shape index (κ3) is 3.19. The normalized spacial score (nSPS) is 10.3. The molecule has 0 spiro atoms. The fourth-order valence-corrected chi connectivity index (χ4v) is 1.62. The van der Waals surface area contributed by atoms with Crippen molar-refractivity contribution in [2.24, 2.45) is 0 Å². The van der Waals surface area contributed by atoms with Crippen LogP contribution in [0, 0.1) is 5.82 Å². The first-order valence-electron chi connectivity index (χ1n) is 6.18. The molecule has 0 saturated heterocycles. The first-order chi connectivity index (χ1) is 9.24. The molecule has 5 heteroatoms. The lowest BCUT2D eigenvalue weighted by Gasteiger charge is -2.07. The van der Waals surface area contributed by atoms with Crippen molar-refractivity contribution in [3.05, 3.63) is 36.3 Å². The van der Waals surface area contributed by atoms with Gasteiger partial charge in [-0.15, -0.1) is 0 Å². The van der Waals surface area contributed by atoms with Crippen LogP contribution in [0.5, 0.6) is 5.75 Å². The summed E-state index contributed by atoms with van der Waals surface area (Å²) in [6.07, 6.45) is 2.11. The second-order valence-electron chi connectivity index (χ2n) is 4.01. The molecule has 0 saturated carbocycles. The van der Waals surface area contributed by atoms with E-state index in [9.17, 15) is 4.39 Å². The predicted octanol–water partition coefficient (Wildman–Crippen LogP) is 3.11. The summed E-state index contributed by atoms with van der Waals surface area (Å²) in [4.78, 5) is 7.93. The van der Waals surface area contributed by atoms with Crippen LogP contribution in [0.3, 0.4) is 0 Å². The zero-order chi connectivity index (χ0) is 13.7. The Morgan fingerprint density at radius 2 is 2.00 bits per heavy atom. The first kappa shape index (κ1) is 13.3. The number of aromatic nitrogens is 2. The van der Waals surface area contributed by atoms with Gasteiger partial charge in [-0.2, -0.15) is 0 Å². The Morgan fingerprint density at radius 3 is 2.63 bits per heavy atom. The summed E-state index contributed by atoms with van der Waals surface area (Å²) < 4.78 is 19.2. The van der Waals surface area contributed by atoms with Gasteiger partial charge in [0.2, 0.25) is 5.95 Å².